The number of nitrogens with two attached hydrogens (primary N) is 1. The molecule has 0 amide bonds. The minimum Gasteiger partial charge on any atom is -0.490 e. The van der Waals surface area contributed by atoms with Gasteiger partial charge in [0.05, 0.1) is 13.7 Å². The Morgan fingerprint density at radius 2 is 2.06 bits per heavy atom. The van der Waals surface area contributed by atoms with Gasteiger partial charge < -0.3 is 20.5 Å². The molecule has 7 heteroatoms. The van der Waals surface area contributed by atoms with Gasteiger partial charge in [-0.3, -0.25) is 4.90 Å². The topological polar surface area (TPSA) is 87.7 Å². The molecule has 1 aromatic heterocycles. The zero-order valence-corrected chi connectivity index (χ0v) is 10.5. The lowest BCUT2D eigenvalue weighted by Crippen LogP contribution is -2.47. The Morgan fingerprint density at radius 1 is 1.33 bits per heavy atom. The largest absolute Gasteiger partial charge is 0.490 e. The van der Waals surface area contributed by atoms with Gasteiger partial charge in [0.25, 0.3) is 0 Å². The third-order valence-corrected chi connectivity index (χ3v) is 3.10. The minimum atomic E-state index is 0.198. The first-order valence-electron chi connectivity index (χ1n) is 5.99. The molecule has 1 saturated heterocycles. The number of anilines is 2. The maximum atomic E-state index is 8.91. The zero-order valence-electron chi connectivity index (χ0n) is 10.5. The lowest BCUT2D eigenvalue weighted by molar-refractivity contribution is 0.188. The summed E-state index contributed by atoms with van der Waals surface area (Å²) in [6.07, 6.45) is 1.45. The van der Waals surface area contributed by atoms with E-state index < -0.39 is 0 Å². The van der Waals surface area contributed by atoms with E-state index in [9.17, 15) is 0 Å². The Morgan fingerprint density at radius 3 is 2.67 bits per heavy atom. The second-order valence-electron chi connectivity index (χ2n) is 4.17. The van der Waals surface area contributed by atoms with E-state index in [-0.39, 0.29) is 6.61 Å². The van der Waals surface area contributed by atoms with Crippen molar-refractivity contribution in [1.82, 2.24) is 14.9 Å². The number of rotatable bonds is 4. The van der Waals surface area contributed by atoms with Gasteiger partial charge >= 0.3 is 0 Å². The van der Waals surface area contributed by atoms with Gasteiger partial charge in [0.15, 0.2) is 11.6 Å². The molecule has 0 spiro atoms. The van der Waals surface area contributed by atoms with Gasteiger partial charge in [-0.25, -0.2) is 9.97 Å². The smallest absolute Gasteiger partial charge is 0.204 e. The van der Waals surface area contributed by atoms with Crippen LogP contribution in [0.3, 0.4) is 0 Å². The maximum Gasteiger partial charge on any atom is 0.204 e. The summed E-state index contributed by atoms with van der Waals surface area (Å²) < 4.78 is 5.26. The number of hydrogen-bond acceptors (Lipinski definition) is 7. The van der Waals surface area contributed by atoms with E-state index in [1.165, 1.54) is 6.33 Å². The summed E-state index contributed by atoms with van der Waals surface area (Å²) in [4.78, 5) is 12.5. The number of methoxy groups -OCH3 is 1. The fourth-order valence-corrected chi connectivity index (χ4v) is 2.12. The molecule has 1 fully saturated rings. The zero-order chi connectivity index (χ0) is 13.0. The Labute approximate surface area is 106 Å². The minimum absolute atomic E-state index is 0.198. The van der Waals surface area contributed by atoms with Crippen LogP contribution in [0.1, 0.15) is 0 Å². The number of aromatic nitrogens is 2. The number of nitrogens with zero attached hydrogens (tertiary/aromatic N) is 4. The van der Waals surface area contributed by atoms with Crippen molar-refractivity contribution in [2.45, 2.75) is 0 Å². The van der Waals surface area contributed by atoms with Crippen LogP contribution in [0.4, 0.5) is 11.6 Å². The number of ether oxygens (including phenoxy) is 1. The van der Waals surface area contributed by atoms with Crippen molar-refractivity contribution in [2.75, 3.05) is 57.1 Å². The highest BCUT2D eigenvalue weighted by Gasteiger charge is 2.21. The lowest BCUT2D eigenvalue weighted by Gasteiger charge is -2.35. The van der Waals surface area contributed by atoms with E-state index >= 15 is 0 Å². The van der Waals surface area contributed by atoms with Crippen molar-refractivity contribution in [3.8, 4) is 5.75 Å². The van der Waals surface area contributed by atoms with Crippen LogP contribution in [0.15, 0.2) is 6.33 Å². The Kier molecular flexibility index (Phi) is 4.16. The molecule has 7 nitrogen and oxygen atoms in total. The van der Waals surface area contributed by atoms with Gasteiger partial charge in [-0.15, -0.1) is 0 Å². The third-order valence-electron chi connectivity index (χ3n) is 3.10. The fraction of sp³-hybridized carbons (Fsp3) is 0.636. The van der Waals surface area contributed by atoms with Crippen molar-refractivity contribution in [1.29, 1.82) is 0 Å². The van der Waals surface area contributed by atoms with Crippen molar-refractivity contribution >= 4 is 11.6 Å². The Balaban J connectivity index is 2.07. The molecule has 1 aliphatic rings. The lowest BCUT2D eigenvalue weighted by atomic mass is 10.3. The molecule has 1 aliphatic heterocycles. The van der Waals surface area contributed by atoms with Crippen molar-refractivity contribution in [3.05, 3.63) is 6.33 Å². The van der Waals surface area contributed by atoms with Crippen LogP contribution in [0, 0.1) is 0 Å². The maximum absolute atomic E-state index is 8.91. The normalized spacial score (nSPS) is 16.9. The van der Waals surface area contributed by atoms with Crippen molar-refractivity contribution in [2.24, 2.45) is 0 Å². The summed E-state index contributed by atoms with van der Waals surface area (Å²) in [5.41, 5.74) is 5.77. The van der Waals surface area contributed by atoms with Gasteiger partial charge in [-0.05, 0) is 0 Å². The quantitative estimate of drug-likeness (QED) is 0.725. The van der Waals surface area contributed by atoms with E-state index in [4.69, 9.17) is 15.6 Å². The summed E-state index contributed by atoms with van der Waals surface area (Å²) in [6, 6.07) is 0. The Hall–Kier alpha value is -1.60. The summed E-state index contributed by atoms with van der Waals surface area (Å²) >= 11 is 0. The molecule has 1 aromatic rings. The second-order valence-corrected chi connectivity index (χ2v) is 4.17. The van der Waals surface area contributed by atoms with E-state index in [1.54, 1.807) is 7.11 Å². The van der Waals surface area contributed by atoms with Crippen LogP contribution in [-0.2, 0) is 0 Å². The number of nitrogen functional groups attached to an aromatic ring is 1. The predicted molar refractivity (Wildman–Crippen MR) is 68.7 cm³/mol. The first-order chi connectivity index (χ1) is 8.76. The van der Waals surface area contributed by atoms with Crippen LogP contribution in [0.5, 0.6) is 5.75 Å². The molecule has 0 atom stereocenters. The fourth-order valence-electron chi connectivity index (χ4n) is 2.12. The number of aliphatic hydroxyl groups is 1. The number of piperazine rings is 1. The third kappa shape index (κ3) is 2.62. The monoisotopic (exact) mass is 253 g/mol. The summed E-state index contributed by atoms with van der Waals surface area (Å²) in [5, 5.41) is 8.91. The van der Waals surface area contributed by atoms with E-state index in [1.807, 2.05) is 0 Å². The molecule has 0 aromatic carbocycles. The van der Waals surface area contributed by atoms with Crippen LogP contribution < -0.4 is 15.4 Å². The Bertz CT molecular complexity index is 393. The number of aliphatic hydroxyl groups excluding tert-OH is 1. The second kappa shape index (κ2) is 5.83. The molecular formula is C11H19N5O2. The average molecular weight is 253 g/mol. The highest BCUT2D eigenvalue weighted by Crippen LogP contribution is 2.30. The van der Waals surface area contributed by atoms with Crippen LogP contribution >= 0.6 is 0 Å². The van der Waals surface area contributed by atoms with Gasteiger partial charge in [0.2, 0.25) is 5.75 Å². The van der Waals surface area contributed by atoms with E-state index in [0.29, 0.717) is 11.6 Å². The highest BCUT2D eigenvalue weighted by atomic mass is 16.5. The molecule has 2 heterocycles. The average Bonchev–Trinajstić information content (AvgIpc) is 2.40. The van der Waals surface area contributed by atoms with Crippen LogP contribution in [-0.4, -0.2) is 66.4 Å². The molecule has 0 saturated carbocycles. The summed E-state index contributed by atoms with van der Waals surface area (Å²) in [7, 11) is 1.57. The molecular weight excluding hydrogens is 234 g/mol. The molecule has 0 radical (unpaired) electrons. The predicted octanol–water partition coefficient (Wildman–Crippen LogP) is -0.818. The first kappa shape index (κ1) is 12.8. The first-order valence-corrected chi connectivity index (χ1v) is 5.99. The molecule has 0 aliphatic carbocycles. The summed E-state index contributed by atoms with van der Waals surface area (Å²) in [6.45, 7) is 4.39. The van der Waals surface area contributed by atoms with Gasteiger partial charge in [-0.1, -0.05) is 0 Å². The van der Waals surface area contributed by atoms with Crippen molar-refractivity contribution < 1.29 is 9.84 Å². The molecule has 0 bridgehead atoms. The standard InChI is InChI=1S/C11H19N5O2/c1-18-9-10(12)13-8-14-11(9)16-4-2-15(3-5-16)6-7-17/h8,17H,2-7H2,1H3,(H2,12,13,14). The molecule has 100 valence electrons. The van der Waals surface area contributed by atoms with Crippen LogP contribution in [0.25, 0.3) is 0 Å². The van der Waals surface area contributed by atoms with E-state index in [0.717, 1.165) is 38.5 Å². The SMILES string of the molecule is COc1c(N)ncnc1N1CCN(CCO)CC1. The molecule has 3 N–H and O–H groups in total. The summed E-state index contributed by atoms with van der Waals surface area (Å²) in [5.74, 6) is 1.64. The van der Waals surface area contributed by atoms with Gasteiger partial charge in [-0.2, -0.15) is 0 Å². The number of β-amino-alcohol motifs (C(OH)–C–C–N with tert-alkyl or cyclic N) is 1. The number of hydrogen-bond donors (Lipinski definition) is 2. The molecule has 0 unspecified atom stereocenters. The van der Waals surface area contributed by atoms with Gasteiger partial charge in [0, 0.05) is 32.7 Å². The van der Waals surface area contributed by atoms with Crippen molar-refractivity contribution in [3.63, 3.8) is 0 Å². The highest BCUT2D eigenvalue weighted by molar-refractivity contribution is 5.62. The molecule has 2 rings (SSSR count). The van der Waals surface area contributed by atoms with E-state index in [2.05, 4.69) is 19.8 Å². The molecule has 18 heavy (non-hydrogen) atoms. The van der Waals surface area contributed by atoms with Gasteiger partial charge in [0.1, 0.15) is 6.33 Å². The van der Waals surface area contributed by atoms with Crippen LogP contribution in [0.2, 0.25) is 0 Å².